The summed E-state index contributed by atoms with van der Waals surface area (Å²) in [6.45, 7) is 3.01. The number of halogens is 9. The zero-order chi connectivity index (χ0) is 31.7. The van der Waals surface area contributed by atoms with Gasteiger partial charge in [-0.1, -0.05) is 13.0 Å². The Bertz CT molecular complexity index is 1270. The van der Waals surface area contributed by atoms with E-state index in [4.69, 9.17) is 4.74 Å². The highest BCUT2D eigenvalue weighted by atomic mass is 19.4. The monoisotopic (exact) mass is 626 g/mol. The van der Waals surface area contributed by atoms with Gasteiger partial charge in [0.25, 0.3) is 0 Å². The molecule has 16 heteroatoms. The number of benzene rings is 2. The van der Waals surface area contributed by atoms with E-state index in [0.717, 1.165) is 12.1 Å². The molecule has 2 aromatic rings. The molecule has 238 valence electrons. The molecule has 0 bridgehead atoms. The molecule has 1 atom stereocenters. The number of guanidine groups is 1. The lowest BCUT2D eigenvalue weighted by molar-refractivity contribution is -0.143. The van der Waals surface area contributed by atoms with Gasteiger partial charge in [-0.2, -0.15) is 39.5 Å². The molecule has 1 fully saturated rings. The molecule has 2 aliphatic rings. The predicted octanol–water partition coefficient (Wildman–Crippen LogP) is 6.10. The van der Waals surface area contributed by atoms with Crippen LogP contribution in [0.5, 0.6) is 0 Å². The Hall–Kier alpha value is -3.24. The average molecular weight is 627 g/mol. The van der Waals surface area contributed by atoms with Gasteiger partial charge in [-0.15, -0.1) is 10.2 Å². The number of nitrogens with one attached hydrogen (secondary N) is 1. The fourth-order valence-corrected chi connectivity index (χ4v) is 5.13. The molecule has 0 radical (unpaired) electrons. The quantitative estimate of drug-likeness (QED) is 0.376. The number of nitrogens with zero attached hydrogens (tertiary/aromatic N) is 5. The van der Waals surface area contributed by atoms with Crippen LogP contribution in [-0.2, 0) is 36.4 Å². The Kier molecular flexibility index (Phi) is 9.42. The molecule has 0 saturated carbocycles. The van der Waals surface area contributed by atoms with Crippen molar-refractivity contribution in [1.29, 1.82) is 0 Å². The summed E-state index contributed by atoms with van der Waals surface area (Å²) in [7, 11) is 3.09. The summed E-state index contributed by atoms with van der Waals surface area (Å²) >= 11 is 0. The van der Waals surface area contributed by atoms with E-state index in [9.17, 15) is 39.5 Å². The third-order valence-corrected chi connectivity index (χ3v) is 7.32. The predicted molar refractivity (Wildman–Crippen MR) is 139 cm³/mol. The topological polar surface area (TPSA) is 46.6 Å². The van der Waals surface area contributed by atoms with Gasteiger partial charge in [0.1, 0.15) is 0 Å². The molecule has 1 unspecified atom stereocenters. The molecule has 43 heavy (non-hydrogen) atoms. The van der Waals surface area contributed by atoms with E-state index in [-0.39, 0.29) is 35.7 Å². The van der Waals surface area contributed by atoms with Crippen LogP contribution in [0.2, 0.25) is 0 Å². The fraction of sp³-hybridized carbons (Fsp3) is 0.519. The average Bonchev–Trinajstić information content (AvgIpc) is 3.26. The van der Waals surface area contributed by atoms with Crippen molar-refractivity contribution < 1.29 is 44.3 Å². The summed E-state index contributed by atoms with van der Waals surface area (Å²) in [6, 6.07) is 4.25. The molecular formula is C27H31F9N6O. The van der Waals surface area contributed by atoms with Gasteiger partial charge < -0.3 is 9.64 Å². The highest BCUT2D eigenvalue weighted by molar-refractivity contribution is 5.80. The van der Waals surface area contributed by atoms with Crippen LogP contribution < -0.4 is 5.43 Å². The van der Waals surface area contributed by atoms with Gasteiger partial charge in [0.05, 0.1) is 29.9 Å². The Balaban J connectivity index is 1.81. The molecule has 0 aliphatic carbocycles. The summed E-state index contributed by atoms with van der Waals surface area (Å²) < 4.78 is 128. The lowest BCUT2D eigenvalue weighted by Gasteiger charge is -2.36. The Morgan fingerprint density at radius 3 is 1.91 bits per heavy atom. The molecular weight excluding hydrogens is 595 g/mol. The molecule has 0 amide bonds. The lowest BCUT2D eigenvalue weighted by Crippen LogP contribution is -2.45. The third-order valence-electron chi connectivity index (χ3n) is 7.32. The number of morpholine rings is 1. The van der Waals surface area contributed by atoms with E-state index in [1.807, 2.05) is 6.92 Å². The molecule has 1 N–H and O–H groups in total. The maximum Gasteiger partial charge on any atom is 0.416 e. The Labute approximate surface area is 242 Å². The second-order valence-electron chi connectivity index (χ2n) is 10.3. The van der Waals surface area contributed by atoms with Crippen LogP contribution in [0, 0.1) is 0 Å². The number of alkyl halides is 9. The molecule has 2 heterocycles. The first-order valence-electron chi connectivity index (χ1n) is 13.3. The number of hydrazine groups is 2. The molecule has 7 nitrogen and oxygen atoms in total. The van der Waals surface area contributed by atoms with Crippen LogP contribution in [0.4, 0.5) is 39.5 Å². The number of rotatable bonds is 7. The van der Waals surface area contributed by atoms with E-state index in [2.05, 4.69) is 15.4 Å². The minimum atomic E-state index is -5.06. The summed E-state index contributed by atoms with van der Waals surface area (Å²) in [6.07, 6.45) is -14.3. The van der Waals surface area contributed by atoms with E-state index >= 15 is 0 Å². The number of hydrogen-bond acceptors (Lipinski definition) is 7. The highest BCUT2D eigenvalue weighted by Gasteiger charge is 2.38. The van der Waals surface area contributed by atoms with Crippen LogP contribution in [0.25, 0.3) is 0 Å². The van der Waals surface area contributed by atoms with Gasteiger partial charge in [-0.25, -0.2) is 5.12 Å². The van der Waals surface area contributed by atoms with Crippen LogP contribution in [0.15, 0.2) is 41.5 Å². The SMILES string of the molecule is CCC(c1ccc(C(F)(F)F)cc1CN(Cc1cc(C(F)(F)F)cc(C(F)(F)F)c1)C1=NN(C)N(C)N1)N1CCOCC1. The fourth-order valence-electron chi connectivity index (χ4n) is 5.13. The maximum absolute atomic E-state index is 13.8. The van der Waals surface area contributed by atoms with E-state index in [0.29, 0.717) is 50.4 Å². The van der Waals surface area contributed by atoms with Crippen molar-refractivity contribution in [1.82, 2.24) is 25.5 Å². The van der Waals surface area contributed by atoms with Crippen molar-refractivity contribution in [3.05, 3.63) is 69.8 Å². The second kappa shape index (κ2) is 12.4. The maximum atomic E-state index is 13.8. The summed E-state index contributed by atoms with van der Waals surface area (Å²) in [5.41, 5.74) is -0.661. The van der Waals surface area contributed by atoms with Gasteiger partial charge in [-0.3, -0.25) is 10.3 Å². The van der Waals surface area contributed by atoms with Crippen LogP contribution in [0.1, 0.15) is 52.8 Å². The van der Waals surface area contributed by atoms with Crippen molar-refractivity contribution in [2.75, 3.05) is 40.4 Å². The summed E-state index contributed by atoms with van der Waals surface area (Å²) in [5.74, 6) is 0.0266. The van der Waals surface area contributed by atoms with E-state index < -0.39 is 41.8 Å². The molecule has 1 saturated heterocycles. The third kappa shape index (κ3) is 7.84. The second-order valence-corrected chi connectivity index (χ2v) is 10.3. The van der Waals surface area contributed by atoms with Gasteiger partial charge >= 0.3 is 18.5 Å². The van der Waals surface area contributed by atoms with Crippen molar-refractivity contribution in [2.45, 2.75) is 51.0 Å². The van der Waals surface area contributed by atoms with E-state index in [1.165, 1.54) is 28.2 Å². The number of hydrogen-bond donors (Lipinski definition) is 1. The van der Waals surface area contributed by atoms with Crippen molar-refractivity contribution in [3.8, 4) is 0 Å². The molecule has 0 spiro atoms. The first kappa shape index (κ1) is 32.7. The first-order valence-corrected chi connectivity index (χ1v) is 13.3. The van der Waals surface area contributed by atoms with Crippen LogP contribution in [0.3, 0.4) is 0 Å². The lowest BCUT2D eigenvalue weighted by atomic mass is 9.94. The summed E-state index contributed by atoms with van der Waals surface area (Å²) in [4.78, 5) is 3.40. The van der Waals surface area contributed by atoms with Gasteiger partial charge in [0.15, 0.2) is 0 Å². The molecule has 2 aromatic carbocycles. The standard InChI is InChI=1S/C27H31F9N6O/c1-4-23(41-7-9-43-10-8-41)22-6-5-19(25(28,29)30)13-18(22)16-42(24-37-39(2)40(3)38-24)15-17-11-20(26(31,32)33)14-21(12-17)27(34,35)36/h5-6,11-14,23H,4,7-10,15-16H2,1-3H3,(H,37,38). The minimum absolute atomic E-state index is 0.0266. The van der Waals surface area contributed by atoms with Crippen LogP contribution >= 0.6 is 0 Å². The molecule has 4 rings (SSSR count). The zero-order valence-electron chi connectivity index (χ0n) is 23.5. The van der Waals surface area contributed by atoms with Gasteiger partial charge in [-0.05, 0) is 53.4 Å². The largest absolute Gasteiger partial charge is 0.416 e. The highest BCUT2D eigenvalue weighted by Crippen LogP contribution is 2.38. The van der Waals surface area contributed by atoms with Crippen molar-refractivity contribution in [2.24, 2.45) is 5.10 Å². The molecule has 2 aliphatic heterocycles. The van der Waals surface area contributed by atoms with Crippen molar-refractivity contribution >= 4 is 5.96 Å². The normalized spacial score (nSPS) is 18.0. The first-order chi connectivity index (χ1) is 20.0. The summed E-state index contributed by atoms with van der Waals surface area (Å²) in [5, 5.41) is 6.98. The van der Waals surface area contributed by atoms with E-state index in [1.54, 1.807) is 7.05 Å². The zero-order valence-corrected chi connectivity index (χ0v) is 23.5. The van der Waals surface area contributed by atoms with Crippen LogP contribution in [-0.4, -0.2) is 66.4 Å². The molecule has 0 aromatic heterocycles. The Morgan fingerprint density at radius 1 is 0.837 bits per heavy atom. The van der Waals surface area contributed by atoms with Gasteiger partial charge in [0.2, 0.25) is 5.96 Å². The number of ether oxygens (including phenoxy) is 1. The van der Waals surface area contributed by atoms with Gasteiger partial charge in [0, 0.05) is 46.3 Å². The smallest absolute Gasteiger partial charge is 0.379 e. The van der Waals surface area contributed by atoms with Crippen molar-refractivity contribution in [3.63, 3.8) is 0 Å². The Morgan fingerprint density at radius 2 is 1.42 bits per heavy atom. The number of hydrazone groups is 1. The minimum Gasteiger partial charge on any atom is -0.379 e.